The van der Waals surface area contributed by atoms with Gasteiger partial charge in [-0.1, -0.05) is 6.07 Å². The highest BCUT2D eigenvalue weighted by atomic mass is 14.9. The van der Waals surface area contributed by atoms with E-state index in [9.17, 15) is 0 Å². The van der Waals surface area contributed by atoms with E-state index in [0.29, 0.717) is 6.04 Å². The molecule has 2 nitrogen and oxygen atoms in total. The lowest BCUT2D eigenvalue weighted by Crippen LogP contribution is -2.31. The number of likely N-dealkylation sites (N-methyl/N-ethyl adjacent to an activating group) is 1. The largest absolute Gasteiger partial charge is 0.399 e. The molecule has 0 saturated carbocycles. The molecule has 0 spiro atoms. The predicted molar refractivity (Wildman–Crippen MR) is 55.7 cm³/mol. The molecular weight excluding hydrogens is 160 g/mol. The van der Waals surface area contributed by atoms with Crippen molar-refractivity contribution in [3.8, 4) is 0 Å². The second-order valence-corrected chi connectivity index (χ2v) is 3.76. The molecule has 0 amide bonds. The lowest BCUT2D eigenvalue weighted by atomic mass is 9.88. The number of nitrogens with two attached hydrogens (primary N) is 1. The van der Waals surface area contributed by atoms with Gasteiger partial charge < -0.3 is 11.1 Å². The zero-order valence-electron chi connectivity index (χ0n) is 8.01. The van der Waals surface area contributed by atoms with Gasteiger partial charge in [-0.05, 0) is 49.6 Å². The zero-order chi connectivity index (χ0) is 9.26. The van der Waals surface area contributed by atoms with Crippen LogP contribution >= 0.6 is 0 Å². The summed E-state index contributed by atoms with van der Waals surface area (Å²) in [6, 6.07) is 6.91. The van der Waals surface area contributed by atoms with Gasteiger partial charge in [-0.25, -0.2) is 0 Å². The molecule has 3 N–H and O–H groups in total. The van der Waals surface area contributed by atoms with Crippen LogP contribution in [0.5, 0.6) is 0 Å². The molecule has 0 aromatic heterocycles. The van der Waals surface area contributed by atoms with E-state index in [0.717, 1.165) is 12.1 Å². The normalized spacial score (nSPS) is 21.2. The Morgan fingerprint density at radius 1 is 1.38 bits per heavy atom. The molecule has 70 valence electrons. The average molecular weight is 176 g/mol. The number of hydrogen-bond acceptors (Lipinski definition) is 2. The number of hydrogen-bond donors (Lipinski definition) is 2. The third-order valence-electron chi connectivity index (χ3n) is 2.87. The first-order valence-corrected chi connectivity index (χ1v) is 4.84. The lowest BCUT2D eigenvalue weighted by Gasteiger charge is -2.24. The van der Waals surface area contributed by atoms with E-state index in [2.05, 4.69) is 17.4 Å². The number of benzene rings is 1. The molecule has 0 radical (unpaired) electrons. The van der Waals surface area contributed by atoms with Crippen molar-refractivity contribution in [2.24, 2.45) is 0 Å². The fourth-order valence-corrected chi connectivity index (χ4v) is 2.02. The summed E-state index contributed by atoms with van der Waals surface area (Å²) in [5.41, 5.74) is 9.53. The monoisotopic (exact) mass is 176 g/mol. The minimum Gasteiger partial charge on any atom is -0.399 e. The van der Waals surface area contributed by atoms with Gasteiger partial charge in [0, 0.05) is 11.7 Å². The SMILES string of the molecule is CNC1CCc2ccc(N)cc2C1. The standard InChI is InChI=1S/C11H16N2/c1-13-11-5-3-8-2-4-10(12)6-9(8)7-11/h2,4,6,11,13H,3,5,7,12H2,1H3. The molecule has 1 aliphatic carbocycles. The van der Waals surface area contributed by atoms with Crippen molar-refractivity contribution in [1.29, 1.82) is 0 Å². The number of nitrogen functional groups attached to an aromatic ring is 1. The summed E-state index contributed by atoms with van der Waals surface area (Å²) >= 11 is 0. The van der Waals surface area contributed by atoms with Gasteiger partial charge in [-0.15, -0.1) is 0 Å². The highest BCUT2D eigenvalue weighted by molar-refractivity contribution is 5.46. The first-order chi connectivity index (χ1) is 6.29. The summed E-state index contributed by atoms with van der Waals surface area (Å²) in [6.07, 6.45) is 3.55. The fourth-order valence-electron chi connectivity index (χ4n) is 2.02. The molecule has 0 bridgehead atoms. The molecule has 0 aliphatic heterocycles. The van der Waals surface area contributed by atoms with Crippen LogP contribution in [0, 0.1) is 0 Å². The van der Waals surface area contributed by atoms with E-state index in [1.807, 2.05) is 13.1 Å². The number of aryl methyl sites for hydroxylation is 1. The molecule has 0 saturated heterocycles. The highest BCUT2D eigenvalue weighted by Crippen LogP contribution is 2.23. The van der Waals surface area contributed by atoms with Gasteiger partial charge in [0.15, 0.2) is 0 Å². The molecule has 1 atom stereocenters. The van der Waals surface area contributed by atoms with Crippen LogP contribution in [0.3, 0.4) is 0 Å². The molecule has 0 fully saturated rings. The number of rotatable bonds is 1. The van der Waals surface area contributed by atoms with Crippen LogP contribution in [-0.2, 0) is 12.8 Å². The summed E-state index contributed by atoms with van der Waals surface area (Å²) in [5, 5.41) is 3.32. The summed E-state index contributed by atoms with van der Waals surface area (Å²) in [4.78, 5) is 0. The van der Waals surface area contributed by atoms with E-state index in [-0.39, 0.29) is 0 Å². The number of anilines is 1. The molecule has 1 aliphatic rings. The van der Waals surface area contributed by atoms with Crippen LogP contribution in [-0.4, -0.2) is 13.1 Å². The van der Waals surface area contributed by atoms with Crippen LogP contribution in [0.1, 0.15) is 17.5 Å². The molecule has 1 unspecified atom stereocenters. The lowest BCUT2D eigenvalue weighted by molar-refractivity contribution is 0.496. The van der Waals surface area contributed by atoms with Gasteiger partial charge in [0.25, 0.3) is 0 Å². The van der Waals surface area contributed by atoms with Gasteiger partial charge in [-0.3, -0.25) is 0 Å². The number of fused-ring (bicyclic) bond motifs is 1. The number of nitrogens with one attached hydrogen (secondary N) is 1. The molecule has 2 rings (SSSR count). The quantitative estimate of drug-likeness (QED) is 0.634. The highest BCUT2D eigenvalue weighted by Gasteiger charge is 2.16. The van der Waals surface area contributed by atoms with Crippen LogP contribution in [0.25, 0.3) is 0 Å². The van der Waals surface area contributed by atoms with Gasteiger partial charge in [0.1, 0.15) is 0 Å². The second kappa shape index (κ2) is 3.38. The van der Waals surface area contributed by atoms with Crippen molar-refractivity contribution in [2.45, 2.75) is 25.3 Å². The first-order valence-electron chi connectivity index (χ1n) is 4.84. The predicted octanol–water partition coefficient (Wildman–Crippen LogP) is 1.35. The Morgan fingerprint density at radius 2 is 2.23 bits per heavy atom. The summed E-state index contributed by atoms with van der Waals surface area (Å²) < 4.78 is 0. The third-order valence-corrected chi connectivity index (χ3v) is 2.87. The van der Waals surface area contributed by atoms with Gasteiger partial charge in [0.05, 0.1) is 0 Å². The Hall–Kier alpha value is -1.02. The summed E-state index contributed by atoms with van der Waals surface area (Å²) in [6.45, 7) is 0. The van der Waals surface area contributed by atoms with Crippen molar-refractivity contribution in [3.05, 3.63) is 29.3 Å². The summed E-state index contributed by atoms with van der Waals surface area (Å²) in [7, 11) is 2.03. The van der Waals surface area contributed by atoms with Gasteiger partial charge in [-0.2, -0.15) is 0 Å². The molecule has 0 heterocycles. The molecular formula is C11H16N2. The van der Waals surface area contributed by atoms with Crippen molar-refractivity contribution in [3.63, 3.8) is 0 Å². The summed E-state index contributed by atoms with van der Waals surface area (Å²) in [5.74, 6) is 0. The zero-order valence-corrected chi connectivity index (χ0v) is 8.01. The van der Waals surface area contributed by atoms with E-state index in [1.165, 1.54) is 24.0 Å². The van der Waals surface area contributed by atoms with E-state index >= 15 is 0 Å². The Balaban J connectivity index is 2.27. The van der Waals surface area contributed by atoms with Crippen LogP contribution < -0.4 is 11.1 Å². The van der Waals surface area contributed by atoms with Gasteiger partial charge in [0.2, 0.25) is 0 Å². The van der Waals surface area contributed by atoms with Crippen molar-refractivity contribution >= 4 is 5.69 Å². The Bertz CT molecular complexity index is 307. The molecule has 1 aromatic rings. The molecule has 1 aromatic carbocycles. The minimum atomic E-state index is 0.634. The fraction of sp³-hybridized carbons (Fsp3) is 0.455. The van der Waals surface area contributed by atoms with E-state index in [4.69, 9.17) is 5.73 Å². The minimum absolute atomic E-state index is 0.634. The average Bonchev–Trinajstić information content (AvgIpc) is 2.16. The van der Waals surface area contributed by atoms with Crippen molar-refractivity contribution < 1.29 is 0 Å². The topological polar surface area (TPSA) is 38.0 Å². The Labute approximate surface area is 79.1 Å². The van der Waals surface area contributed by atoms with Crippen LogP contribution in [0.2, 0.25) is 0 Å². The maximum atomic E-state index is 5.75. The Kier molecular flexibility index (Phi) is 2.23. The van der Waals surface area contributed by atoms with Crippen molar-refractivity contribution in [2.75, 3.05) is 12.8 Å². The molecule has 13 heavy (non-hydrogen) atoms. The van der Waals surface area contributed by atoms with Gasteiger partial charge >= 0.3 is 0 Å². The van der Waals surface area contributed by atoms with Crippen LogP contribution in [0.4, 0.5) is 5.69 Å². The smallest absolute Gasteiger partial charge is 0.0316 e. The first kappa shape index (κ1) is 8.57. The van der Waals surface area contributed by atoms with E-state index < -0.39 is 0 Å². The molecule has 2 heteroatoms. The maximum Gasteiger partial charge on any atom is 0.0316 e. The van der Waals surface area contributed by atoms with Crippen molar-refractivity contribution in [1.82, 2.24) is 5.32 Å². The van der Waals surface area contributed by atoms with Crippen LogP contribution in [0.15, 0.2) is 18.2 Å². The second-order valence-electron chi connectivity index (χ2n) is 3.76. The van der Waals surface area contributed by atoms with E-state index in [1.54, 1.807) is 0 Å². The Morgan fingerprint density at radius 3 is 3.00 bits per heavy atom. The maximum absolute atomic E-state index is 5.75. The third kappa shape index (κ3) is 1.68.